The monoisotopic (exact) mass is 319 g/mol. The van der Waals surface area contributed by atoms with E-state index in [1.165, 1.54) is 16.7 Å². The highest BCUT2D eigenvalue weighted by molar-refractivity contribution is 8.13. The molecule has 0 spiro atoms. The zero-order valence-corrected chi connectivity index (χ0v) is 11.2. The molecule has 0 aromatic rings. The lowest BCUT2D eigenvalue weighted by molar-refractivity contribution is -0.866. The van der Waals surface area contributed by atoms with Crippen molar-refractivity contribution in [3.05, 3.63) is 0 Å². The number of halogens is 1. The van der Waals surface area contributed by atoms with Gasteiger partial charge in [0.1, 0.15) is 12.4 Å². The van der Waals surface area contributed by atoms with Crippen molar-refractivity contribution in [3.63, 3.8) is 0 Å². The Morgan fingerprint density at radius 2 is 2.15 bits per heavy atom. The van der Waals surface area contributed by atoms with Crippen LogP contribution in [0.25, 0.3) is 0 Å². The van der Waals surface area contributed by atoms with Gasteiger partial charge in [-0.25, -0.2) is 0 Å². The minimum atomic E-state index is 0. The van der Waals surface area contributed by atoms with Crippen molar-refractivity contribution in [2.45, 2.75) is 19.8 Å². The minimum Gasteiger partial charge on any atom is -1.00 e. The second-order valence-electron chi connectivity index (χ2n) is 2.84. The molecule has 2 N–H and O–H groups in total. The number of thioether (sulfide) groups is 1. The van der Waals surface area contributed by atoms with Gasteiger partial charge in [-0.1, -0.05) is 6.92 Å². The first-order chi connectivity index (χ1) is 5.70. The summed E-state index contributed by atoms with van der Waals surface area (Å²) in [5, 5.41) is 8.85. The SMILES string of the molecule is CCCC(=O)SC[NH+](C)CCO.[I-]. The van der Waals surface area contributed by atoms with Gasteiger partial charge in [0, 0.05) is 6.42 Å². The van der Waals surface area contributed by atoms with E-state index in [-0.39, 0.29) is 35.7 Å². The molecule has 0 aliphatic rings. The zero-order chi connectivity index (χ0) is 9.40. The van der Waals surface area contributed by atoms with Crippen molar-refractivity contribution in [1.29, 1.82) is 0 Å². The van der Waals surface area contributed by atoms with E-state index in [2.05, 4.69) is 0 Å². The summed E-state index contributed by atoms with van der Waals surface area (Å²) in [7, 11) is 1.97. The maximum atomic E-state index is 11.0. The first kappa shape index (κ1) is 16.1. The standard InChI is InChI=1S/C8H17NO2S.HI/c1-3-4-8(11)12-7-9(2)5-6-10;/h10H,3-7H2,1-2H3;1H. The van der Waals surface area contributed by atoms with Crippen LogP contribution in [-0.2, 0) is 4.79 Å². The highest BCUT2D eigenvalue weighted by Gasteiger charge is 2.05. The molecule has 0 aliphatic carbocycles. The van der Waals surface area contributed by atoms with Gasteiger partial charge in [0.15, 0.2) is 5.12 Å². The van der Waals surface area contributed by atoms with Gasteiger partial charge in [-0.3, -0.25) is 4.79 Å². The zero-order valence-electron chi connectivity index (χ0n) is 8.18. The molecule has 0 rings (SSSR count). The summed E-state index contributed by atoms with van der Waals surface area (Å²) in [6.07, 6.45) is 1.59. The maximum absolute atomic E-state index is 11.0. The predicted molar refractivity (Wildman–Crippen MR) is 51.2 cm³/mol. The Hall–Kier alpha value is 0.670. The van der Waals surface area contributed by atoms with Gasteiger partial charge < -0.3 is 34.0 Å². The van der Waals surface area contributed by atoms with Crippen molar-refractivity contribution in [3.8, 4) is 0 Å². The largest absolute Gasteiger partial charge is 1.00 e. The van der Waals surface area contributed by atoms with Crippen LogP contribution in [0.2, 0.25) is 0 Å². The molecule has 0 amide bonds. The summed E-state index contributed by atoms with van der Waals surface area (Å²) in [5.74, 6) is 0.763. The summed E-state index contributed by atoms with van der Waals surface area (Å²) in [4.78, 5) is 12.2. The number of aliphatic hydroxyl groups excluding tert-OH is 1. The molecular weight excluding hydrogens is 301 g/mol. The topological polar surface area (TPSA) is 41.7 Å². The van der Waals surface area contributed by atoms with Crippen LogP contribution in [0.5, 0.6) is 0 Å². The van der Waals surface area contributed by atoms with Crippen molar-refractivity contribution >= 4 is 16.9 Å². The Balaban J connectivity index is 0. The van der Waals surface area contributed by atoms with Crippen molar-refractivity contribution in [1.82, 2.24) is 0 Å². The van der Waals surface area contributed by atoms with Crippen LogP contribution in [0, 0.1) is 0 Å². The van der Waals surface area contributed by atoms with E-state index in [9.17, 15) is 4.79 Å². The second kappa shape index (κ2) is 10.7. The van der Waals surface area contributed by atoms with Crippen molar-refractivity contribution in [2.24, 2.45) is 0 Å². The lowest BCUT2D eigenvalue weighted by Crippen LogP contribution is -3.09. The van der Waals surface area contributed by atoms with E-state index in [0.717, 1.165) is 12.3 Å². The molecule has 80 valence electrons. The molecular formula is C8H18INO2S. The maximum Gasteiger partial charge on any atom is 0.194 e. The molecule has 0 bridgehead atoms. The Bertz CT molecular complexity index is 135. The van der Waals surface area contributed by atoms with Gasteiger partial charge in [-0.15, -0.1) is 0 Å². The van der Waals surface area contributed by atoms with E-state index < -0.39 is 0 Å². The Kier molecular flexibility index (Phi) is 13.3. The molecule has 13 heavy (non-hydrogen) atoms. The van der Waals surface area contributed by atoms with Gasteiger partial charge in [0.05, 0.1) is 13.7 Å². The van der Waals surface area contributed by atoms with E-state index in [1.54, 1.807) is 0 Å². The summed E-state index contributed by atoms with van der Waals surface area (Å²) >= 11 is 1.36. The average Bonchev–Trinajstić information content (AvgIpc) is 2.02. The van der Waals surface area contributed by atoms with Gasteiger partial charge in [-0.05, 0) is 18.2 Å². The molecule has 1 atom stereocenters. The number of likely N-dealkylation sites (N-methyl/N-ethyl adjacent to an activating group) is 1. The lowest BCUT2D eigenvalue weighted by Gasteiger charge is -2.10. The van der Waals surface area contributed by atoms with Crippen LogP contribution in [0.4, 0.5) is 0 Å². The van der Waals surface area contributed by atoms with Crippen LogP contribution < -0.4 is 28.9 Å². The predicted octanol–water partition coefficient (Wildman–Crippen LogP) is -3.49. The van der Waals surface area contributed by atoms with E-state index in [1.807, 2.05) is 14.0 Å². The van der Waals surface area contributed by atoms with Crippen LogP contribution in [0.3, 0.4) is 0 Å². The molecule has 0 aromatic carbocycles. The first-order valence-corrected chi connectivity index (χ1v) is 5.27. The quantitative estimate of drug-likeness (QED) is 0.395. The van der Waals surface area contributed by atoms with Gasteiger partial charge in [0.25, 0.3) is 0 Å². The Labute approximate surface area is 101 Å². The lowest BCUT2D eigenvalue weighted by atomic mass is 10.4. The average molecular weight is 319 g/mol. The number of hydrogen-bond acceptors (Lipinski definition) is 3. The number of carbonyl (C=O) groups is 1. The fourth-order valence-electron chi connectivity index (χ4n) is 0.743. The molecule has 0 aromatic heterocycles. The summed E-state index contributed by atoms with van der Waals surface area (Å²) in [6, 6.07) is 0. The fraction of sp³-hybridized carbons (Fsp3) is 0.875. The molecule has 1 unspecified atom stereocenters. The van der Waals surface area contributed by atoms with E-state index in [4.69, 9.17) is 5.11 Å². The highest BCUT2D eigenvalue weighted by Crippen LogP contribution is 2.03. The molecule has 0 fully saturated rings. The van der Waals surface area contributed by atoms with Gasteiger partial charge in [0.2, 0.25) is 0 Å². The molecule has 0 saturated carbocycles. The normalized spacial score (nSPS) is 11.9. The molecule has 3 nitrogen and oxygen atoms in total. The molecule has 0 saturated heterocycles. The van der Waals surface area contributed by atoms with Gasteiger partial charge in [-0.2, -0.15) is 0 Å². The molecule has 5 heteroatoms. The Morgan fingerprint density at radius 3 is 2.62 bits per heavy atom. The van der Waals surface area contributed by atoms with Crippen LogP contribution in [-0.4, -0.2) is 36.3 Å². The third kappa shape index (κ3) is 10.6. The van der Waals surface area contributed by atoms with E-state index in [0.29, 0.717) is 13.0 Å². The number of quaternary nitrogens is 1. The summed E-state index contributed by atoms with van der Waals surface area (Å²) in [6.45, 7) is 2.91. The van der Waals surface area contributed by atoms with Crippen molar-refractivity contribution < 1.29 is 38.8 Å². The third-order valence-corrected chi connectivity index (χ3v) is 2.64. The van der Waals surface area contributed by atoms with Gasteiger partial charge >= 0.3 is 0 Å². The second-order valence-corrected chi connectivity index (χ2v) is 3.87. The van der Waals surface area contributed by atoms with E-state index >= 15 is 0 Å². The number of rotatable bonds is 6. The van der Waals surface area contributed by atoms with Crippen LogP contribution in [0.15, 0.2) is 0 Å². The summed E-state index contributed by atoms with van der Waals surface area (Å²) in [5.41, 5.74) is 0. The first-order valence-electron chi connectivity index (χ1n) is 4.28. The minimum absolute atomic E-state index is 0. The molecule has 0 radical (unpaired) electrons. The van der Waals surface area contributed by atoms with Crippen molar-refractivity contribution in [2.75, 3.05) is 26.1 Å². The third-order valence-electron chi connectivity index (χ3n) is 1.47. The smallest absolute Gasteiger partial charge is 0.194 e. The molecule has 0 aliphatic heterocycles. The number of carbonyl (C=O) groups excluding carboxylic acids is 1. The highest BCUT2D eigenvalue weighted by atomic mass is 127. The number of nitrogens with one attached hydrogen (secondary N) is 1. The summed E-state index contributed by atoms with van der Waals surface area (Å²) < 4.78 is 0. The number of hydrogen-bond donors (Lipinski definition) is 2. The number of aliphatic hydroxyl groups is 1. The Morgan fingerprint density at radius 1 is 1.54 bits per heavy atom. The van der Waals surface area contributed by atoms with Crippen LogP contribution >= 0.6 is 11.8 Å². The fourth-order valence-corrected chi connectivity index (χ4v) is 1.64. The molecule has 0 heterocycles. The van der Waals surface area contributed by atoms with Crippen LogP contribution in [0.1, 0.15) is 19.8 Å².